The molecule has 14 heteroatoms. The van der Waals surface area contributed by atoms with E-state index in [1.165, 1.54) is 38.1 Å². The van der Waals surface area contributed by atoms with Crippen LogP contribution in [-0.2, 0) is 23.4 Å². The van der Waals surface area contributed by atoms with Gasteiger partial charge in [-0.3, -0.25) is 28.5 Å². The molecule has 0 amide bonds. The number of esters is 1. The second-order valence-corrected chi connectivity index (χ2v) is 12.7. The summed E-state index contributed by atoms with van der Waals surface area (Å²) in [4.78, 5) is 51.1. The molecule has 2 aromatic carbocycles. The molecule has 5 atom stereocenters. The number of allylic oxidation sites excluding steroid dienone is 1. The first-order valence-electron chi connectivity index (χ1n) is 14.2. The lowest BCUT2D eigenvalue weighted by Crippen LogP contribution is -2.38. The number of carbonyl (C=O) groups excluding carboxylic acids is 2. The van der Waals surface area contributed by atoms with Gasteiger partial charge in [0, 0.05) is 24.2 Å². The number of carbonyl (C=O) groups is 2. The topological polar surface area (TPSA) is 155 Å². The molecule has 12 nitrogen and oxygen atoms in total. The maximum atomic E-state index is 15.5. The maximum Gasteiger partial charge on any atom is 0.459 e. The fraction of sp³-hybridized carbons (Fsp3) is 0.355. The van der Waals surface area contributed by atoms with Crippen LogP contribution in [0.1, 0.15) is 56.3 Å². The van der Waals surface area contributed by atoms with Crippen LogP contribution in [0.25, 0.3) is 6.08 Å². The predicted octanol–water partition coefficient (Wildman–Crippen LogP) is 4.58. The van der Waals surface area contributed by atoms with E-state index in [4.69, 9.17) is 18.5 Å². The molecule has 1 aliphatic heterocycles. The Balaban J connectivity index is 1.52. The second kappa shape index (κ2) is 14.3. The number of rotatable bonds is 13. The van der Waals surface area contributed by atoms with E-state index >= 15 is 4.39 Å². The fourth-order valence-electron chi connectivity index (χ4n) is 4.56. The van der Waals surface area contributed by atoms with Crippen molar-refractivity contribution in [1.82, 2.24) is 14.6 Å². The van der Waals surface area contributed by atoms with E-state index in [1.54, 1.807) is 26.0 Å². The van der Waals surface area contributed by atoms with Crippen molar-refractivity contribution in [3.8, 4) is 5.75 Å². The smallest absolute Gasteiger partial charge is 0.459 e. The van der Waals surface area contributed by atoms with E-state index in [-0.39, 0.29) is 23.5 Å². The van der Waals surface area contributed by atoms with Gasteiger partial charge in [0.1, 0.15) is 11.8 Å². The molecule has 1 aliphatic rings. The number of ketones is 1. The van der Waals surface area contributed by atoms with Crippen molar-refractivity contribution >= 4 is 25.6 Å². The van der Waals surface area contributed by atoms with Crippen LogP contribution < -0.4 is 20.9 Å². The summed E-state index contributed by atoms with van der Waals surface area (Å²) in [5.41, 5.74) is -2.51. The van der Waals surface area contributed by atoms with E-state index in [9.17, 15) is 23.7 Å². The Bertz CT molecular complexity index is 1700. The van der Waals surface area contributed by atoms with Gasteiger partial charge in [-0.2, -0.15) is 5.09 Å². The van der Waals surface area contributed by atoms with Crippen LogP contribution in [-0.4, -0.2) is 51.8 Å². The number of H-pyrrole nitrogens is 1. The van der Waals surface area contributed by atoms with E-state index < -0.39 is 61.7 Å². The highest BCUT2D eigenvalue weighted by atomic mass is 31.2. The first-order valence-corrected chi connectivity index (χ1v) is 15.7. The molecule has 240 valence electrons. The highest BCUT2D eigenvalue weighted by Gasteiger charge is 2.48. The molecule has 1 aromatic heterocycles. The van der Waals surface area contributed by atoms with Crippen LogP contribution in [0.5, 0.6) is 5.75 Å². The Kier molecular flexibility index (Phi) is 10.7. The number of ether oxygens (including phenoxy) is 2. The second-order valence-electron chi connectivity index (χ2n) is 11.0. The summed E-state index contributed by atoms with van der Waals surface area (Å²) < 4.78 is 52.8. The Hall–Kier alpha value is -4.16. The van der Waals surface area contributed by atoms with Gasteiger partial charge >= 0.3 is 19.4 Å². The standard InChI is InChI=1S/C31H35FN3O9P/c1-20(2)42-28(38)21(3)34-45(40,41-19-25-18-31(4,32)29(43-25)35-16-15-27(37)33-30(35)39)44-24-12-8-11-23(17-24)26(36)14-13-22-9-6-5-7-10-22/h5-17,20-21,25,29H,18-19H2,1-4H3,(H,34,40)(H,33,37,39)/b14-13+/t21-,25-,29+,31+,45?/m0/s1. The molecule has 2 N–H and O–H groups in total. The van der Waals surface area contributed by atoms with Crippen molar-refractivity contribution in [2.24, 2.45) is 0 Å². The summed E-state index contributed by atoms with van der Waals surface area (Å²) in [6.45, 7) is 5.47. The zero-order chi connectivity index (χ0) is 32.8. The highest BCUT2D eigenvalue weighted by Crippen LogP contribution is 2.47. The third-order valence-corrected chi connectivity index (χ3v) is 8.27. The molecule has 1 fully saturated rings. The summed E-state index contributed by atoms with van der Waals surface area (Å²) in [6.07, 6.45) is 1.05. The van der Waals surface area contributed by atoms with Crippen molar-refractivity contribution in [3.05, 3.63) is 105 Å². The molecule has 2 heterocycles. The lowest BCUT2D eigenvalue weighted by molar-refractivity contribution is -0.149. The highest BCUT2D eigenvalue weighted by molar-refractivity contribution is 7.52. The molecular weight excluding hydrogens is 608 g/mol. The van der Waals surface area contributed by atoms with Crippen LogP contribution in [0.3, 0.4) is 0 Å². The molecule has 0 spiro atoms. The quantitative estimate of drug-likeness (QED) is 0.117. The van der Waals surface area contributed by atoms with E-state index in [1.807, 2.05) is 30.3 Å². The fourth-order valence-corrected chi connectivity index (χ4v) is 6.07. The minimum atomic E-state index is -4.41. The van der Waals surface area contributed by atoms with Crippen molar-refractivity contribution in [1.29, 1.82) is 0 Å². The molecule has 0 bridgehead atoms. The van der Waals surface area contributed by atoms with Gasteiger partial charge in [-0.15, -0.1) is 0 Å². The number of alkyl halides is 1. The van der Waals surface area contributed by atoms with Gasteiger partial charge in [0.05, 0.1) is 18.8 Å². The number of hydrogen-bond donors (Lipinski definition) is 2. The monoisotopic (exact) mass is 643 g/mol. The van der Waals surface area contributed by atoms with Gasteiger partial charge in [0.15, 0.2) is 17.7 Å². The van der Waals surface area contributed by atoms with E-state index in [0.29, 0.717) is 0 Å². The summed E-state index contributed by atoms with van der Waals surface area (Å²) >= 11 is 0. The Labute approximate surface area is 258 Å². The van der Waals surface area contributed by atoms with Crippen molar-refractivity contribution in [2.75, 3.05) is 6.61 Å². The molecule has 1 unspecified atom stereocenters. The molecule has 0 saturated carbocycles. The minimum absolute atomic E-state index is 0.00504. The van der Waals surface area contributed by atoms with Gasteiger partial charge in [-0.25, -0.2) is 13.8 Å². The van der Waals surface area contributed by atoms with Crippen molar-refractivity contribution in [3.63, 3.8) is 0 Å². The van der Waals surface area contributed by atoms with Crippen LogP contribution >= 0.6 is 7.75 Å². The van der Waals surface area contributed by atoms with Crippen LogP contribution in [0.4, 0.5) is 4.39 Å². The number of benzene rings is 2. The van der Waals surface area contributed by atoms with Gasteiger partial charge in [0.25, 0.3) is 5.56 Å². The Morgan fingerprint density at radius 1 is 1.16 bits per heavy atom. The molecule has 0 radical (unpaired) electrons. The van der Waals surface area contributed by atoms with Gasteiger partial charge in [-0.05, 0) is 51.5 Å². The largest absolute Gasteiger partial charge is 0.462 e. The zero-order valence-corrected chi connectivity index (χ0v) is 26.1. The van der Waals surface area contributed by atoms with Gasteiger partial charge in [-0.1, -0.05) is 48.5 Å². The van der Waals surface area contributed by atoms with Crippen molar-refractivity contribution in [2.45, 2.75) is 64.3 Å². The van der Waals surface area contributed by atoms with E-state index in [2.05, 4.69) is 10.1 Å². The first-order chi connectivity index (χ1) is 21.2. The number of aromatic nitrogens is 2. The molecular formula is C31H35FN3O9P. The average Bonchev–Trinajstić information content (AvgIpc) is 3.28. The number of nitrogens with zero attached hydrogens (tertiary/aromatic N) is 1. The van der Waals surface area contributed by atoms with Crippen LogP contribution in [0.2, 0.25) is 0 Å². The zero-order valence-electron chi connectivity index (χ0n) is 25.2. The van der Waals surface area contributed by atoms with Crippen molar-refractivity contribution < 1.29 is 37.1 Å². The SMILES string of the molecule is CC(C)OC(=O)[C@H](C)NP(=O)(OC[C@@H]1C[C@@](C)(F)[C@H](n2ccc(=O)[nH]c2=O)O1)Oc1cccc(C(=O)/C=C/c2ccccc2)c1. The van der Waals surface area contributed by atoms with Crippen LogP contribution in [0, 0.1) is 0 Å². The maximum absolute atomic E-state index is 15.5. The lowest BCUT2D eigenvalue weighted by Gasteiger charge is -2.24. The third kappa shape index (κ3) is 9.18. The van der Waals surface area contributed by atoms with Gasteiger partial charge in [0.2, 0.25) is 0 Å². The number of nitrogens with one attached hydrogen (secondary N) is 2. The molecule has 3 aromatic rings. The normalized spacial score (nSPS) is 21.8. The summed E-state index contributed by atoms with van der Waals surface area (Å²) in [6, 6.07) is 15.0. The summed E-state index contributed by atoms with van der Waals surface area (Å²) in [7, 11) is -4.41. The Morgan fingerprint density at radius 2 is 1.89 bits per heavy atom. The van der Waals surface area contributed by atoms with Gasteiger partial charge < -0.3 is 14.0 Å². The third-order valence-electron chi connectivity index (χ3n) is 6.63. The minimum Gasteiger partial charge on any atom is -0.462 e. The van der Waals surface area contributed by atoms with E-state index in [0.717, 1.165) is 22.4 Å². The molecule has 1 saturated heterocycles. The number of hydrogen-bond acceptors (Lipinski definition) is 9. The molecule has 45 heavy (non-hydrogen) atoms. The number of halogens is 1. The Morgan fingerprint density at radius 3 is 2.58 bits per heavy atom. The predicted molar refractivity (Wildman–Crippen MR) is 164 cm³/mol. The number of aromatic amines is 1. The first kappa shape index (κ1) is 33.7. The molecule has 0 aliphatic carbocycles. The summed E-state index contributed by atoms with van der Waals surface area (Å²) in [5, 5.41) is 2.54. The average molecular weight is 644 g/mol. The lowest BCUT2D eigenvalue weighted by atomic mass is 10.0. The summed E-state index contributed by atoms with van der Waals surface area (Å²) in [5.74, 6) is -1.07. The molecule has 4 rings (SSSR count). The van der Waals surface area contributed by atoms with Crippen LogP contribution in [0.15, 0.2) is 82.5 Å².